The van der Waals surface area contributed by atoms with Gasteiger partial charge in [0.05, 0.1) is 4.92 Å². The Morgan fingerprint density at radius 2 is 1.76 bits per heavy atom. The molecule has 0 N–H and O–H groups in total. The van der Waals surface area contributed by atoms with Crippen LogP contribution in [0.4, 0.5) is 5.69 Å². The minimum absolute atomic E-state index is 0.0926. The maximum absolute atomic E-state index is 10.6. The van der Waals surface area contributed by atoms with Crippen LogP contribution in [-0.4, -0.2) is 14.3 Å². The van der Waals surface area contributed by atoms with Crippen molar-refractivity contribution in [2.24, 2.45) is 0 Å². The number of nitro benzene ring substituents is 1. The van der Waals surface area contributed by atoms with E-state index in [1.54, 1.807) is 12.1 Å². The van der Waals surface area contributed by atoms with Crippen LogP contribution in [0.3, 0.4) is 0 Å². The zero-order valence-corrected chi connectivity index (χ0v) is 11.8. The second-order valence-corrected chi connectivity index (χ2v) is 5.23. The van der Waals surface area contributed by atoms with Gasteiger partial charge in [0.15, 0.2) is 0 Å². The van der Waals surface area contributed by atoms with Crippen LogP contribution in [0.2, 0.25) is 0 Å². The molecule has 21 heavy (non-hydrogen) atoms. The van der Waals surface area contributed by atoms with Gasteiger partial charge in [0.2, 0.25) is 0 Å². The highest BCUT2D eigenvalue weighted by Gasteiger charge is 2.08. The van der Waals surface area contributed by atoms with Gasteiger partial charge in [0, 0.05) is 24.1 Å². The number of non-ortho nitro benzene ring substituents is 1. The largest absolute Gasteiger partial charge is 0.269 e. The zero-order valence-electron chi connectivity index (χ0n) is 11.0. The highest BCUT2D eigenvalue weighted by atomic mass is 32.1. The van der Waals surface area contributed by atoms with Crippen molar-refractivity contribution in [2.75, 3.05) is 0 Å². The molecule has 1 heterocycles. The fourth-order valence-electron chi connectivity index (χ4n) is 1.94. The van der Waals surface area contributed by atoms with Gasteiger partial charge in [-0.25, -0.2) is 4.98 Å². The molecule has 5 nitrogen and oxygen atoms in total. The fourth-order valence-corrected chi connectivity index (χ4v) is 2.63. The van der Waals surface area contributed by atoms with Gasteiger partial charge in [-0.05, 0) is 17.1 Å². The molecule has 2 aromatic carbocycles. The molecule has 0 atom stereocenters. The molecule has 0 unspecified atom stereocenters. The van der Waals surface area contributed by atoms with Crippen molar-refractivity contribution in [3.05, 3.63) is 76.1 Å². The lowest BCUT2D eigenvalue weighted by Crippen LogP contribution is -1.92. The van der Waals surface area contributed by atoms with Crippen molar-refractivity contribution < 1.29 is 4.92 Å². The normalized spacial score (nSPS) is 10.5. The number of nitrogens with zero attached hydrogens (tertiary/aromatic N) is 3. The summed E-state index contributed by atoms with van der Waals surface area (Å²) in [5.41, 5.74) is 2.10. The first kappa shape index (κ1) is 13.4. The number of nitro groups is 1. The molecule has 0 amide bonds. The molecule has 0 radical (unpaired) electrons. The summed E-state index contributed by atoms with van der Waals surface area (Å²) in [4.78, 5) is 14.7. The summed E-state index contributed by atoms with van der Waals surface area (Å²) in [6.07, 6.45) is 0.571. The van der Waals surface area contributed by atoms with E-state index in [2.05, 4.69) is 9.36 Å². The van der Waals surface area contributed by atoms with Crippen LogP contribution >= 0.6 is 11.5 Å². The standard InChI is InChI=1S/C15H11N3O2S/c19-18(20)13-8-6-11(7-9-13)10-14-16-15(21-17-14)12-4-2-1-3-5-12/h1-9H,10H2. The van der Waals surface area contributed by atoms with E-state index in [1.165, 1.54) is 23.7 Å². The summed E-state index contributed by atoms with van der Waals surface area (Å²) in [7, 11) is 0. The minimum atomic E-state index is -0.404. The zero-order chi connectivity index (χ0) is 14.7. The predicted octanol–water partition coefficient (Wildman–Crippen LogP) is 3.70. The van der Waals surface area contributed by atoms with Crippen LogP contribution in [0.1, 0.15) is 11.4 Å². The molecule has 104 valence electrons. The van der Waals surface area contributed by atoms with Gasteiger partial charge >= 0.3 is 0 Å². The predicted molar refractivity (Wildman–Crippen MR) is 81.2 cm³/mol. The summed E-state index contributed by atoms with van der Waals surface area (Å²) in [6.45, 7) is 0. The first-order valence-corrected chi connectivity index (χ1v) is 7.11. The lowest BCUT2D eigenvalue weighted by atomic mass is 10.1. The topological polar surface area (TPSA) is 68.9 Å². The Kier molecular flexibility index (Phi) is 3.70. The molecule has 0 saturated carbocycles. The van der Waals surface area contributed by atoms with Crippen molar-refractivity contribution in [1.82, 2.24) is 9.36 Å². The number of rotatable bonds is 4. The average molecular weight is 297 g/mol. The SMILES string of the molecule is O=[N+]([O-])c1ccc(Cc2nsc(-c3ccccc3)n2)cc1. The second-order valence-electron chi connectivity index (χ2n) is 4.48. The molecule has 0 aliphatic heterocycles. The third-order valence-electron chi connectivity index (χ3n) is 3.00. The minimum Gasteiger partial charge on any atom is -0.258 e. The van der Waals surface area contributed by atoms with Crippen molar-refractivity contribution >= 4 is 17.2 Å². The molecule has 6 heteroatoms. The number of hydrogen-bond donors (Lipinski definition) is 0. The van der Waals surface area contributed by atoms with E-state index in [9.17, 15) is 10.1 Å². The van der Waals surface area contributed by atoms with E-state index in [1.807, 2.05) is 30.3 Å². The molecule has 0 fully saturated rings. The molecule has 0 saturated heterocycles. The number of benzene rings is 2. The van der Waals surface area contributed by atoms with Crippen molar-refractivity contribution in [3.8, 4) is 10.6 Å². The summed E-state index contributed by atoms with van der Waals surface area (Å²) < 4.78 is 4.34. The Balaban J connectivity index is 1.77. The van der Waals surface area contributed by atoms with Crippen LogP contribution in [0.5, 0.6) is 0 Å². The maximum Gasteiger partial charge on any atom is 0.269 e. The van der Waals surface area contributed by atoms with Gasteiger partial charge in [-0.3, -0.25) is 10.1 Å². The highest BCUT2D eigenvalue weighted by molar-refractivity contribution is 7.09. The number of hydrogen-bond acceptors (Lipinski definition) is 5. The van der Waals surface area contributed by atoms with Gasteiger partial charge in [0.25, 0.3) is 5.69 Å². The lowest BCUT2D eigenvalue weighted by molar-refractivity contribution is -0.384. The quantitative estimate of drug-likeness (QED) is 0.544. The molecular weight excluding hydrogens is 286 g/mol. The van der Waals surface area contributed by atoms with Crippen LogP contribution in [0, 0.1) is 10.1 Å². The van der Waals surface area contributed by atoms with E-state index in [0.29, 0.717) is 6.42 Å². The molecule has 0 bridgehead atoms. The van der Waals surface area contributed by atoms with E-state index >= 15 is 0 Å². The third kappa shape index (κ3) is 3.11. The number of aromatic nitrogens is 2. The maximum atomic E-state index is 10.6. The first-order chi connectivity index (χ1) is 10.2. The third-order valence-corrected chi connectivity index (χ3v) is 3.80. The molecule has 3 rings (SSSR count). The Bertz CT molecular complexity index is 754. The smallest absolute Gasteiger partial charge is 0.258 e. The summed E-state index contributed by atoms with van der Waals surface area (Å²) in [5.74, 6) is 0.729. The van der Waals surface area contributed by atoms with Gasteiger partial charge in [-0.15, -0.1) is 0 Å². The summed E-state index contributed by atoms with van der Waals surface area (Å²) in [6, 6.07) is 16.4. The van der Waals surface area contributed by atoms with E-state index < -0.39 is 4.92 Å². The average Bonchev–Trinajstić information content (AvgIpc) is 2.97. The molecule has 0 aliphatic rings. The van der Waals surface area contributed by atoms with Gasteiger partial charge in [0.1, 0.15) is 10.8 Å². The molecule has 0 spiro atoms. The van der Waals surface area contributed by atoms with Gasteiger partial charge in [-0.1, -0.05) is 42.5 Å². The summed E-state index contributed by atoms with van der Waals surface area (Å²) >= 11 is 1.36. The Morgan fingerprint density at radius 3 is 2.43 bits per heavy atom. The Labute approximate surface area is 125 Å². The van der Waals surface area contributed by atoms with Crippen LogP contribution in [0.15, 0.2) is 54.6 Å². The van der Waals surface area contributed by atoms with Crippen molar-refractivity contribution in [3.63, 3.8) is 0 Å². The Hall–Kier alpha value is -2.60. The molecule has 3 aromatic rings. The molecule has 1 aromatic heterocycles. The molecule has 0 aliphatic carbocycles. The lowest BCUT2D eigenvalue weighted by Gasteiger charge is -1.97. The highest BCUT2D eigenvalue weighted by Crippen LogP contribution is 2.22. The Morgan fingerprint density at radius 1 is 1.05 bits per heavy atom. The van der Waals surface area contributed by atoms with Crippen molar-refractivity contribution in [2.45, 2.75) is 6.42 Å². The molecular formula is C15H11N3O2S. The van der Waals surface area contributed by atoms with Crippen LogP contribution < -0.4 is 0 Å². The fraction of sp³-hybridized carbons (Fsp3) is 0.0667. The van der Waals surface area contributed by atoms with Crippen LogP contribution in [0.25, 0.3) is 10.6 Å². The monoisotopic (exact) mass is 297 g/mol. The van der Waals surface area contributed by atoms with E-state index in [4.69, 9.17) is 0 Å². The van der Waals surface area contributed by atoms with E-state index in [0.717, 1.165) is 22.0 Å². The van der Waals surface area contributed by atoms with Gasteiger partial charge < -0.3 is 0 Å². The van der Waals surface area contributed by atoms with E-state index in [-0.39, 0.29) is 5.69 Å². The van der Waals surface area contributed by atoms with Crippen LogP contribution in [-0.2, 0) is 6.42 Å². The first-order valence-electron chi connectivity index (χ1n) is 6.34. The second kappa shape index (κ2) is 5.80. The van der Waals surface area contributed by atoms with Crippen molar-refractivity contribution in [1.29, 1.82) is 0 Å². The van der Waals surface area contributed by atoms with Gasteiger partial charge in [-0.2, -0.15) is 4.37 Å². The summed E-state index contributed by atoms with van der Waals surface area (Å²) in [5, 5.41) is 11.5.